The van der Waals surface area contributed by atoms with E-state index in [0.29, 0.717) is 0 Å². The van der Waals surface area contributed by atoms with Gasteiger partial charge in [-0.05, 0) is 36.9 Å². The molecular formula is C15H25NO. The molecule has 2 nitrogen and oxygen atoms in total. The van der Waals surface area contributed by atoms with Crippen LogP contribution in [0.25, 0.3) is 0 Å². The van der Waals surface area contributed by atoms with Crippen molar-refractivity contribution in [2.45, 2.75) is 34.1 Å². The lowest BCUT2D eigenvalue weighted by Gasteiger charge is -2.26. The first kappa shape index (κ1) is 14.0. The van der Waals surface area contributed by atoms with Crippen molar-refractivity contribution in [1.82, 2.24) is 5.32 Å². The second kappa shape index (κ2) is 6.06. The highest BCUT2D eigenvalue weighted by Crippen LogP contribution is 2.28. The SMILES string of the molecule is CCNCC(C)(C)Cc1cc(C)ccc1OC. The van der Waals surface area contributed by atoms with Crippen LogP contribution in [0.3, 0.4) is 0 Å². The zero-order valence-corrected chi connectivity index (χ0v) is 11.8. The molecule has 96 valence electrons. The number of hydrogen-bond acceptors (Lipinski definition) is 2. The molecule has 1 rings (SSSR count). The van der Waals surface area contributed by atoms with Crippen LogP contribution >= 0.6 is 0 Å². The third-order valence-electron chi connectivity index (χ3n) is 2.96. The van der Waals surface area contributed by atoms with Gasteiger partial charge in [0.15, 0.2) is 0 Å². The van der Waals surface area contributed by atoms with Crippen LogP contribution in [0.2, 0.25) is 0 Å². The van der Waals surface area contributed by atoms with Crippen LogP contribution in [-0.2, 0) is 6.42 Å². The van der Waals surface area contributed by atoms with Crippen molar-refractivity contribution in [2.75, 3.05) is 20.2 Å². The summed E-state index contributed by atoms with van der Waals surface area (Å²) in [5.74, 6) is 1.00. The zero-order valence-electron chi connectivity index (χ0n) is 11.8. The predicted octanol–water partition coefficient (Wildman–Crippen LogP) is 3.18. The van der Waals surface area contributed by atoms with Crippen LogP contribution in [0.4, 0.5) is 0 Å². The molecule has 17 heavy (non-hydrogen) atoms. The number of benzene rings is 1. The maximum Gasteiger partial charge on any atom is 0.122 e. The fourth-order valence-electron chi connectivity index (χ4n) is 2.09. The molecule has 0 heterocycles. The Hall–Kier alpha value is -1.02. The molecule has 1 N–H and O–H groups in total. The average Bonchev–Trinajstić information content (AvgIpc) is 2.26. The van der Waals surface area contributed by atoms with Gasteiger partial charge < -0.3 is 10.1 Å². The van der Waals surface area contributed by atoms with Crippen LogP contribution in [0.1, 0.15) is 31.9 Å². The minimum Gasteiger partial charge on any atom is -0.496 e. The molecule has 2 heteroatoms. The largest absolute Gasteiger partial charge is 0.496 e. The summed E-state index contributed by atoms with van der Waals surface area (Å²) in [5, 5.41) is 3.42. The molecular weight excluding hydrogens is 210 g/mol. The highest BCUT2D eigenvalue weighted by Gasteiger charge is 2.19. The van der Waals surface area contributed by atoms with E-state index in [1.807, 2.05) is 0 Å². The van der Waals surface area contributed by atoms with E-state index in [-0.39, 0.29) is 5.41 Å². The number of hydrogen-bond donors (Lipinski definition) is 1. The molecule has 0 amide bonds. The second-order valence-corrected chi connectivity index (χ2v) is 5.44. The van der Waals surface area contributed by atoms with E-state index in [1.165, 1.54) is 11.1 Å². The highest BCUT2D eigenvalue weighted by molar-refractivity contribution is 5.37. The normalized spacial score (nSPS) is 11.6. The van der Waals surface area contributed by atoms with Gasteiger partial charge >= 0.3 is 0 Å². The summed E-state index contributed by atoms with van der Waals surface area (Å²) in [5.41, 5.74) is 2.84. The maximum atomic E-state index is 5.43. The fraction of sp³-hybridized carbons (Fsp3) is 0.600. The molecule has 0 aromatic heterocycles. The summed E-state index contributed by atoms with van der Waals surface area (Å²) in [6.45, 7) is 10.9. The van der Waals surface area contributed by atoms with Gasteiger partial charge in [-0.2, -0.15) is 0 Å². The summed E-state index contributed by atoms with van der Waals surface area (Å²) >= 11 is 0. The maximum absolute atomic E-state index is 5.43. The van der Waals surface area contributed by atoms with Crippen molar-refractivity contribution in [2.24, 2.45) is 5.41 Å². The summed E-state index contributed by atoms with van der Waals surface area (Å²) in [6, 6.07) is 6.39. The lowest BCUT2D eigenvalue weighted by atomic mass is 9.85. The van der Waals surface area contributed by atoms with Crippen LogP contribution in [0.15, 0.2) is 18.2 Å². The van der Waals surface area contributed by atoms with Crippen molar-refractivity contribution in [3.05, 3.63) is 29.3 Å². The molecule has 0 radical (unpaired) electrons. The van der Waals surface area contributed by atoms with Gasteiger partial charge in [0.25, 0.3) is 0 Å². The Balaban J connectivity index is 2.82. The first-order chi connectivity index (χ1) is 7.98. The smallest absolute Gasteiger partial charge is 0.122 e. The minimum absolute atomic E-state index is 0.247. The average molecular weight is 235 g/mol. The third kappa shape index (κ3) is 4.39. The summed E-state index contributed by atoms with van der Waals surface area (Å²) < 4.78 is 5.43. The minimum atomic E-state index is 0.247. The Morgan fingerprint density at radius 1 is 1.29 bits per heavy atom. The highest BCUT2D eigenvalue weighted by atomic mass is 16.5. The topological polar surface area (TPSA) is 21.3 Å². The van der Waals surface area contributed by atoms with Gasteiger partial charge in [0.2, 0.25) is 0 Å². The molecule has 1 aromatic carbocycles. The Morgan fingerprint density at radius 2 is 2.00 bits per heavy atom. The fourth-order valence-corrected chi connectivity index (χ4v) is 2.09. The molecule has 0 atom stereocenters. The molecule has 0 aliphatic heterocycles. The van der Waals surface area contributed by atoms with Gasteiger partial charge in [-0.1, -0.05) is 38.5 Å². The van der Waals surface area contributed by atoms with E-state index >= 15 is 0 Å². The van der Waals surface area contributed by atoms with Gasteiger partial charge in [-0.25, -0.2) is 0 Å². The van der Waals surface area contributed by atoms with Crippen LogP contribution < -0.4 is 10.1 Å². The third-order valence-corrected chi connectivity index (χ3v) is 2.96. The van der Waals surface area contributed by atoms with E-state index in [0.717, 1.165) is 25.3 Å². The van der Waals surface area contributed by atoms with E-state index < -0.39 is 0 Å². The van der Waals surface area contributed by atoms with Crippen LogP contribution in [0, 0.1) is 12.3 Å². The molecule has 0 fully saturated rings. The van der Waals surface area contributed by atoms with Gasteiger partial charge in [0, 0.05) is 6.54 Å². The summed E-state index contributed by atoms with van der Waals surface area (Å²) in [4.78, 5) is 0. The predicted molar refractivity (Wildman–Crippen MR) is 73.8 cm³/mol. The van der Waals surface area contributed by atoms with E-state index in [2.05, 4.69) is 51.2 Å². The van der Waals surface area contributed by atoms with E-state index in [1.54, 1.807) is 7.11 Å². The first-order valence-corrected chi connectivity index (χ1v) is 6.33. The van der Waals surface area contributed by atoms with Crippen molar-refractivity contribution >= 4 is 0 Å². The van der Waals surface area contributed by atoms with E-state index in [9.17, 15) is 0 Å². The lowest BCUT2D eigenvalue weighted by Crippen LogP contribution is -2.31. The van der Waals surface area contributed by atoms with Gasteiger partial charge in [-0.3, -0.25) is 0 Å². The standard InChI is InChI=1S/C15H25NO/c1-6-16-11-15(3,4)10-13-9-12(2)7-8-14(13)17-5/h7-9,16H,6,10-11H2,1-5H3. The monoisotopic (exact) mass is 235 g/mol. The van der Waals surface area contributed by atoms with Crippen molar-refractivity contribution in [3.8, 4) is 5.75 Å². The molecule has 0 spiro atoms. The molecule has 1 aromatic rings. The second-order valence-electron chi connectivity index (χ2n) is 5.44. The Kier molecular flexibility index (Phi) is 5.01. The number of ether oxygens (including phenoxy) is 1. The molecule has 0 bridgehead atoms. The molecule has 0 aliphatic carbocycles. The Bertz CT molecular complexity index is 358. The van der Waals surface area contributed by atoms with Crippen LogP contribution in [-0.4, -0.2) is 20.2 Å². The lowest BCUT2D eigenvalue weighted by molar-refractivity contribution is 0.332. The van der Waals surface area contributed by atoms with Gasteiger partial charge in [0.05, 0.1) is 7.11 Å². The van der Waals surface area contributed by atoms with Gasteiger partial charge in [0.1, 0.15) is 5.75 Å². The Labute approximate surface area is 105 Å². The van der Waals surface area contributed by atoms with Gasteiger partial charge in [-0.15, -0.1) is 0 Å². The van der Waals surface area contributed by atoms with E-state index in [4.69, 9.17) is 4.74 Å². The number of nitrogens with one attached hydrogen (secondary N) is 1. The molecule has 0 saturated carbocycles. The molecule has 0 aliphatic rings. The molecule has 0 saturated heterocycles. The summed E-state index contributed by atoms with van der Waals surface area (Å²) in [6.07, 6.45) is 1.03. The summed E-state index contributed by atoms with van der Waals surface area (Å²) in [7, 11) is 1.74. The first-order valence-electron chi connectivity index (χ1n) is 6.33. The Morgan fingerprint density at radius 3 is 2.59 bits per heavy atom. The number of rotatable bonds is 6. The molecule has 0 unspecified atom stereocenters. The quantitative estimate of drug-likeness (QED) is 0.817. The van der Waals surface area contributed by atoms with Crippen molar-refractivity contribution in [3.63, 3.8) is 0 Å². The van der Waals surface area contributed by atoms with Crippen LogP contribution in [0.5, 0.6) is 5.75 Å². The van der Waals surface area contributed by atoms with Crippen molar-refractivity contribution in [1.29, 1.82) is 0 Å². The zero-order chi connectivity index (χ0) is 12.9. The van der Waals surface area contributed by atoms with Crippen molar-refractivity contribution < 1.29 is 4.74 Å². The number of aryl methyl sites for hydroxylation is 1. The number of methoxy groups -OCH3 is 1.